The molecular weight excluding hydrogens is 218 g/mol. The second-order valence-corrected chi connectivity index (χ2v) is 3.72. The van der Waals surface area contributed by atoms with Crippen molar-refractivity contribution in [3.63, 3.8) is 0 Å². The number of hydrogen-bond donors (Lipinski definition) is 2. The zero-order valence-electron chi connectivity index (χ0n) is 9.65. The minimum absolute atomic E-state index is 0.272. The lowest BCUT2D eigenvalue weighted by Crippen LogP contribution is -2.03. The average molecular weight is 231 g/mol. The van der Waals surface area contributed by atoms with E-state index in [0.29, 0.717) is 5.56 Å². The average Bonchev–Trinajstić information content (AvgIpc) is 2.71. The van der Waals surface area contributed by atoms with E-state index in [1.54, 1.807) is 0 Å². The van der Waals surface area contributed by atoms with Crippen LogP contribution in [0.3, 0.4) is 0 Å². The highest BCUT2D eigenvalue weighted by atomic mass is 16.5. The van der Waals surface area contributed by atoms with Crippen molar-refractivity contribution in [2.45, 2.75) is 6.92 Å². The first-order valence-corrected chi connectivity index (χ1v) is 5.12. The Morgan fingerprint density at radius 1 is 1.35 bits per heavy atom. The Balaban J connectivity index is 2.54. The molecule has 5 nitrogen and oxygen atoms in total. The molecule has 1 aromatic heterocycles. The van der Waals surface area contributed by atoms with E-state index in [2.05, 4.69) is 14.9 Å². The molecule has 17 heavy (non-hydrogen) atoms. The lowest BCUT2D eigenvalue weighted by atomic mass is 10.0. The van der Waals surface area contributed by atoms with Crippen molar-refractivity contribution in [2.24, 2.45) is 0 Å². The highest BCUT2D eigenvalue weighted by Crippen LogP contribution is 2.28. The van der Waals surface area contributed by atoms with Gasteiger partial charge in [-0.15, -0.1) is 0 Å². The summed E-state index contributed by atoms with van der Waals surface area (Å²) in [6.07, 6.45) is 0. The van der Waals surface area contributed by atoms with Crippen LogP contribution < -0.4 is 5.73 Å². The number of aromatic nitrogens is 2. The summed E-state index contributed by atoms with van der Waals surface area (Å²) in [5, 5.41) is 6.42. The van der Waals surface area contributed by atoms with E-state index in [0.717, 1.165) is 11.1 Å². The number of H-pyrrole nitrogens is 1. The summed E-state index contributed by atoms with van der Waals surface area (Å²) >= 11 is 0. The van der Waals surface area contributed by atoms with E-state index in [-0.39, 0.29) is 11.5 Å². The number of carbonyl (C=O) groups excluding carboxylic acids is 1. The molecule has 0 radical (unpaired) electrons. The summed E-state index contributed by atoms with van der Waals surface area (Å²) in [5.41, 5.74) is 8.58. The van der Waals surface area contributed by atoms with Crippen molar-refractivity contribution in [3.8, 4) is 11.1 Å². The van der Waals surface area contributed by atoms with Crippen molar-refractivity contribution in [2.75, 3.05) is 12.8 Å². The van der Waals surface area contributed by atoms with Gasteiger partial charge in [0.15, 0.2) is 11.5 Å². The largest absolute Gasteiger partial charge is 0.464 e. The van der Waals surface area contributed by atoms with Gasteiger partial charge in [0.05, 0.1) is 12.7 Å². The van der Waals surface area contributed by atoms with Crippen LogP contribution in [0.4, 0.5) is 5.82 Å². The highest BCUT2D eigenvalue weighted by molar-refractivity contribution is 5.98. The Labute approximate surface area is 98.6 Å². The summed E-state index contributed by atoms with van der Waals surface area (Å²) in [6.45, 7) is 1.99. The van der Waals surface area contributed by atoms with Gasteiger partial charge in [-0.2, -0.15) is 5.10 Å². The molecule has 1 aromatic carbocycles. The quantitative estimate of drug-likeness (QED) is 0.771. The van der Waals surface area contributed by atoms with Crippen LogP contribution in [0.2, 0.25) is 0 Å². The Kier molecular flexibility index (Phi) is 2.82. The molecule has 0 saturated heterocycles. The molecule has 0 aliphatic rings. The number of ether oxygens (including phenoxy) is 1. The predicted molar refractivity (Wildman–Crippen MR) is 64.5 cm³/mol. The minimum Gasteiger partial charge on any atom is -0.464 e. The highest BCUT2D eigenvalue weighted by Gasteiger charge is 2.19. The first kappa shape index (κ1) is 11.2. The van der Waals surface area contributed by atoms with Crippen LogP contribution in [-0.2, 0) is 4.74 Å². The second-order valence-electron chi connectivity index (χ2n) is 3.72. The number of nitrogens with zero attached hydrogens (tertiary/aromatic N) is 1. The Hall–Kier alpha value is -2.30. The molecule has 0 unspecified atom stereocenters. The number of nitrogens with two attached hydrogens (primary N) is 1. The molecular formula is C12H13N3O2. The normalized spacial score (nSPS) is 10.2. The molecule has 0 aliphatic carbocycles. The Morgan fingerprint density at radius 2 is 2.00 bits per heavy atom. The van der Waals surface area contributed by atoms with E-state index in [9.17, 15) is 4.79 Å². The molecule has 1 heterocycles. The summed E-state index contributed by atoms with van der Waals surface area (Å²) in [7, 11) is 1.32. The van der Waals surface area contributed by atoms with Crippen molar-refractivity contribution in [1.29, 1.82) is 0 Å². The van der Waals surface area contributed by atoms with Gasteiger partial charge < -0.3 is 10.5 Å². The number of carbonyl (C=O) groups is 1. The van der Waals surface area contributed by atoms with Crippen LogP contribution in [0.25, 0.3) is 11.1 Å². The zero-order valence-corrected chi connectivity index (χ0v) is 9.65. The lowest BCUT2D eigenvalue weighted by Gasteiger charge is -2.03. The number of methoxy groups -OCH3 is 1. The Bertz CT molecular complexity index is 543. The molecule has 0 fully saturated rings. The number of rotatable bonds is 2. The lowest BCUT2D eigenvalue weighted by molar-refractivity contribution is 0.0595. The SMILES string of the molecule is COC(=O)c1[nH]nc(N)c1-c1ccc(C)cc1. The summed E-state index contributed by atoms with van der Waals surface area (Å²) < 4.78 is 4.67. The third-order valence-corrected chi connectivity index (χ3v) is 2.52. The monoisotopic (exact) mass is 231 g/mol. The van der Waals surface area contributed by atoms with Gasteiger partial charge in [0.1, 0.15) is 0 Å². The van der Waals surface area contributed by atoms with Gasteiger partial charge in [-0.1, -0.05) is 29.8 Å². The number of esters is 1. The number of hydrogen-bond acceptors (Lipinski definition) is 4. The molecule has 2 rings (SSSR count). The van der Waals surface area contributed by atoms with Gasteiger partial charge >= 0.3 is 5.97 Å². The predicted octanol–water partition coefficient (Wildman–Crippen LogP) is 1.75. The van der Waals surface area contributed by atoms with Crippen LogP contribution in [-0.4, -0.2) is 23.3 Å². The number of anilines is 1. The smallest absolute Gasteiger partial charge is 0.356 e. The van der Waals surface area contributed by atoms with Gasteiger partial charge in [0.2, 0.25) is 0 Å². The maximum Gasteiger partial charge on any atom is 0.356 e. The maximum atomic E-state index is 11.5. The fourth-order valence-electron chi connectivity index (χ4n) is 1.62. The summed E-state index contributed by atoms with van der Waals surface area (Å²) in [6, 6.07) is 7.68. The topological polar surface area (TPSA) is 81.0 Å². The fourth-order valence-corrected chi connectivity index (χ4v) is 1.62. The van der Waals surface area contributed by atoms with Crippen molar-refractivity contribution < 1.29 is 9.53 Å². The summed E-state index contributed by atoms with van der Waals surface area (Å²) in [5.74, 6) is -0.195. The summed E-state index contributed by atoms with van der Waals surface area (Å²) in [4.78, 5) is 11.5. The van der Waals surface area contributed by atoms with Gasteiger partial charge in [-0.05, 0) is 12.5 Å². The number of nitrogen functional groups attached to an aromatic ring is 1. The van der Waals surface area contributed by atoms with Crippen LogP contribution in [0.5, 0.6) is 0 Å². The third-order valence-electron chi connectivity index (χ3n) is 2.52. The van der Waals surface area contributed by atoms with E-state index in [1.165, 1.54) is 7.11 Å². The van der Waals surface area contributed by atoms with Crippen LogP contribution in [0.15, 0.2) is 24.3 Å². The first-order valence-electron chi connectivity index (χ1n) is 5.12. The van der Waals surface area contributed by atoms with E-state index in [1.807, 2.05) is 31.2 Å². The molecule has 0 amide bonds. The van der Waals surface area contributed by atoms with Gasteiger partial charge in [-0.25, -0.2) is 4.79 Å². The Morgan fingerprint density at radius 3 is 2.59 bits per heavy atom. The molecule has 2 aromatic rings. The van der Waals surface area contributed by atoms with Gasteiger partial charge in [0.25, 0.3) is 0 Å². The minimum atomic E-state index is -0.482. The van der Waals surface area contributed by atoms with E-state index < -0.39 is 5.97 Å². The zero-order chi connectivity index (χ0) is 12.4. The third kappa shape index (κ3) is 1.99. The molecule has 0 atom stereocenters. The molecule has 0 spiro atoms. The number of aromatic amines is 1. The molecule has 3 N–H and O–H groups in total. The molecule has 0 aliphatic heterocycles. The second kappa shape index (κ2) is 4.29. The van der Waals surface area contributed by atoms with Crippen LogP contribution in [0.1, 0.15) is 16.1 Å². The number of nitrogens with one attached hydrogen (secondary N) is 1. The van der Waals surface area contributed by atoms with Crippen molar-refractivity contribution in [3.05, 3.63) is 35.5 Å². The fraction of sp³-hybridized carbons (Fsp3) is 0.167. The molecule has 88 valence electrons. The molecule has 5 heteroatoms. The van der Waals surface area contributed by atoms with Crippen LogP contribution >= 0.6 is 0 Å². The standard InChI is InChI=1S/C12H13N3O2/c1-7-3-5-8(6-4-7)9-10(12(16)17-2)14-15-11(9)13/h3-6H,1-2H3,(H3,13,14,15). The molecule has 0 bridgehead atoms. The number of benzene rings is 1. The van der Waals surface area contributed by atoms with Gasteiger partial charge in [-0.3, -0.25) is 5.10 Å². The van der Waals surface area contributed by atoms with Crippen LogP contribution in [0, 0.1) is 6.92 Å². The maximum absolute atomic E-state index is 11.5. The van der Waals surface area contributed by atoms with Gasteiger partial charge in [0, 0.05) is 0 Å². The number of aryl methyl sites for hydroxylation is 1. The van der Waals surface area contributed by atoms with Crippen molar-refractivity contribution >= 4 is 11.8 Å². The van der Waals surface area contributed by atoms with E-state index in [4.69, 9.17) is 5.73 Å². The first-order chi connectivity index (χ1) is 8.13. The van der Waals surface area contributed by atoms with E-state index >= 15 is 0 Å². The van der Waals surface area contributed by atoms with Crippen molar-refractivity contribution in [1.82, 2.24) is 10.2 Å². The molecule has 0 saturated carbocycles.